The molecule has 1 saturated heterocycles. The maximum atomic E-state index is 12.0. The number of amides is 3. The van der Waals surface area contributed by atoms with E-state index >= 15 is 0 Å². The third-order valence-corrected chi connectivity index (χ3v) is 4.30. The molecule has 1 aromatic heterocycles. The van der Waals surface area contributed by atoms with Gasteiger partial charge < -0.3 is 4.74 Å². The highest BCUT2D eigenvalue weighted by atomic mass is 16.5. The number of benzene rings is 1. The van der Waals surface area contributed by atoms with Crippen LogP contribution in [0, 0.1) is 11.3 Å². The molecular formula is C19H18N4O3. The van der Waals surface area contributed by atoms with E-state index in [0.717, 1.165) is 5.56 Å². The van der Waals surface area contributed by atoms with Crippen LogP contribution in [0.2, 0.25) is 0 Å². The average Bonchev–Trinajstić information content (AvgIpc) is 2.83. The second-order valence-corrected chi connectivity index (χ2v) is 6.40. The maximum absolute atomic E-state index is 12.0. The maximum Gasteiger partial charge on any atom is 0.329 e. The first-order valence-electron chi connectivity index (χ1n) is 8.19. The van der Waals surface area contributed by atoms with Gasteiger partial charge in [-0.3, -0.25) is 15.0 Å². The summed E-state index contributed by atoms with van der Waals surface area (Å²) in [7, 11) is 0. The van der Waals surface area contributed by atoms with E-state index < -0.39 is 11.6 Å². The number of anilines is 1. The van der Waals surface area contributed by atoms with Crippen LogP contribution in [0.4, 0.5) is 10.5 Å². The van der Waals surface area contributed by atoms with Crippen molar-refractivity contribution in [1.82, 2.24) is 10.3 Å². The number of rotatable bonds is 4. The van der Waals surface area contributed by atoms with Crippen LogP contribution in [0.3, 0.4) is 0 Å². The van der Waals surface area contributed by atoms with Crippen molar-refractivity contribution in [2.45, 2.75) is 32.7 Å². The lowest BCUT2D eigenvalue weighted by Crippen LogP contribution is -2.44. The molecule has 7 nitrogen and oxygen atoms in total. The molecule has 0 bridgehead atoms. The lowest BCUT2D eigenvalue weighted by atomic mass is 10.0. The summed E-state index contributed by atoms with van der Waals surface area (Å²) in [6.07, 6.45) is 2.21. The van der Waals surface area contributed by atoms with Gasteiger partial charge in [0.05, 0.1) is 23.5 Å². The topological polar surface area (TPSA) is 95.3 Å². The lowest BCUT2D eigenvalue weighted by molar-refractivity contribution is -0.122. The number of imide groups is 1. The Kier molecular flexibility index (Phi) is 4.34. The summed E-state index contributed by atoms with van der Waals surface area (Å²) in [6, 6.07) is 10.2. The molecule has 0 atom stereocenters. The highest BCUT2D eigenvalue weighted by Crippen LogP contribution is 2.30. The molecule has 3 rings (SSSR count). The number of carbonyl (C=O) groups is 2. The van der Waals surface area contributed by atoms with Gasteiger partial charge >= 0.3 is 6.03 Å². The van der Waals surface area contributed by atoms with E-state index in [1.165, 1.54) is 11.1 Å². The number of nitrogens with one attached hydrogen (secondary N) is 1. The van der Waals surface area contributed by atoms with E-state index in [1.54, 1.807) is 44.2 Å². The van der Waals surface area contributed by atoms with E-state index in [2.05, 4.69) is 16.4 Å². The molecule has 2 heterocycles. The van der Waals surface area contributed by atoms with Crippen LogP contribution in [0.25, 0.3) is 0 Å². The number of aryl methyl sites for hydroxylation is 1. The molecule has 0 unspecified atom stereocenters. The summed E-state index contributed by atoms with van der Waals surface area (Å²) < 4.78 is 5.81. The van der Waals surface area contributed by atoms with E-state index in [4.69, 9.17) is 10.00 Å². The zero-order valence-corrected chi connectivity index (χ0v) is 14.7. The van der Waals surface area contributed by atoms with Crippen molar-refractivity contribution in [3.05, 3.63) is 47.7 Å². The molecule has 0 saturated carbocycles. The molecule has 1 fully saturated rings. The molecular weight excluding hydrogens is 332 g/mol. The van der Waals surface area contributed by atoms with Crippen molar-refractivity contribution in [3.63, 3.8) is 0 Å². The smallest absolute Gasteiger partial charge is 0.329 e. The fourth-order valence-corrected chi connectivity index (χ4v) is 2.80. The minimum absolute atomic E-state index is 0.354. The minimum atomic E-state index is -0.982. The summed E-state index contributed by atoms with van der Waals surface area (Å²) in [5, 5.41) is 11.3. The van der Waals surface area contributed by atoms with Gasteiger partial charge in [0.2, 0.25) is 5.88 Å². The lowest BCUT2D eigenvalue weighted by Gasteiger charge is -2.27. The fourth-order valence-electron chi connectivity index (χ4n) is 2.80. The van der Waals surface area contributed by atoms with Gasteiger partial charge in [-0.1, -0.05) is 6.92 Å². The zero-order valence-electron chi connectivity index (χ0n) is 14.7. The number of pyridine rings is 1. The van der Waals surface area contributed by atoms with Crippen LogP contribution in [0.15, 0.2) is 36.5 Å². The first kappa shape index (κ1) is 17.4. The van der Waals surface area contributed by atoms with Gasteiger partial charge in [-0.2, -0.15) is 5.26 Å². The van der Waals surface area contributed by atoms with Crippen LogP contribution in [-0.2, 0) is 11.2 Å². The summed E-state index contributed by atoms with van der Waals surface area (Å²) in [5.74, 6) is 0.631. The highest BCUT2D eigenvalue weighted by Gasteiger charge is 2.46. The first-order valence-corrected chi connectivity index (χ1v) is 8.19. The van der Waals surface area contributed by atoms with Crippen LogP contribution < -0.4 is 15.0 Å². The van der Waals surface area contributed by atoms with Gasteiger partial charge in [-0.05, 0) is 50.1 Å². The molecule has 1 aliphatic heterocycles. The zero-order chi connectivity index (χ0) is 18.9. The summed E-state index contributed by atoms with van der Waals surface area (Å²) >= 11 is 0. The van der Waals surface area contributed by atoms with Gasteiger partial charge in [0.15, 0.2) is 0 Å². The summed E-state index contributed by atoms with van der Waals surface area (Å²) in [5.41, 5.74) is 0.996. The molecule has 1 aromatic carbocycles. The quantitative estimate of drug-likeness (QED) is 0.855. The first-order chi connectivity index (χ1) is 12.4. The minimum Gasteiger partial charge on any atom is -0.439 e. The molecule has 3 amide bonds. The average molecular weight is 350 g/mol. The van der Waals surface area contributed by atoms with Crippen molar-refractivity contribution in [1.29, 1.82) is 5.26 Å². The van der Waals surface area contributed by atoms with E-state index in [0.29, 0.717) is 29.3 Å². The van der Waals surface area contributed by atoms with Crippen molar-refractivity contribution >= 4 is 17.6 Å². The Labute approximate surface area is 151 Å². The summed E-state index contributed by atoms with van der Waals surface area (Å²) in [4.78, 5) is 29.5. The van der Waals surface area contributed by atoms with Gasteiger partial charge in [0.1, 0.15) is 11.3 Å². The Balaban J connectivity index is 1.84. The van der Waals surface area contributed by atoms with Crippen LogP contribution in [0.5, 0.6) is 11.6 Å². The standard InChI is InChI=1S/C19H18N4O3/c1-4-13-9-12(10-20)5-7-15(13)26-16-8-6-14(11-21-16)23-18(25)22-17(24)19(23,2)3/h5-9,11H,4H2,1-3H3,(H,22,24,25). The Bertz CT molecular complexity index is 913. The van der Waals surface area contributed by atoms with Crippen molar-refractivity contribution in [3.8, 4) is 17.7 Å². The molecule has 132 valence electrons. The Morgan fingerprint density at radius 3 is 2.58 bits per heavy atom. The Hall–Kier alpha value is -3.40. The van der Waals surface area contributed by atoms with Gasteiger partial charge in [-0.15, -0.1) is 0 Å². The van der Waals surface area contributed by atoms with Gasteiger partial charge in [-0.25, -0.2) is 9.78 Å². The van der Waals surface area contributed by atoms with Crippen molar-refractivity contribution in [2.24, 2.45) is 0 Å². The number of ether oxygens (including phenoxy) is 1. The highest BCUT2D eigenvalue weighted by molar-refractivity contribution is 6.16. The molecule has 26 heavy (non-hydrogen) atoms. The van der Waals surface area contributed by atoms with Crippen LogP contribution in [-0.4, -0.2) is 22.5 Å². The molecule has 0 spiro atoms. The predicted molar refractivity (Wildman–Crippen MR) is 94.9 cm³/mol. The fraction of sp³-hybridized carbons (Fsp3) is 0.263. The number of nitrogens with zero attached hydrogens (tertiary/aromatic N) is 3. The summed E-state index contributed by atoms with van der Waals surface area (Å²) in [6.45, 7) is 5.31. The van der Waals surface area contributed by atoms with Crippen molar-refractivity contribution < 1.29 is 14.3 Å². The second kappa shape index (κ2) is 6.48. The third-order valence-electron chi connectivity index (χ3n) is 4.30. The largest absolute Gasteiger partial charge is 0.439 e. The number of hydrogen-bond donors (Lipinski definition) is 1. The number of urea groups is 1. The number of carbonyl (C=O) groups excluding carboxylic acids is 2. The van der Waals surface area contributed by atoms with Crippen LogP contribution in [0.1, 0.15) is 31.9 Å². The number of aromatic nitrogens is 1. The molecule has 7 heteroatoms. The van der Waals surface area contributed by atoms with E-state index in [9.17, 15) is 9.59 Å². The Morgan fingerprint density at radius 2 is 2.04 bits per heavy atom. The molecule has 1 aliphatic rings. The Morgan fingerprint density at radius 1 is 1.27 bits per heavy atom. The van der Waals surface area contributed by atoms with Crippen LogP contribution >= 0.6 is 0 Å². The normalized spacial score (nSPS) is 15.5. The predicted octanol–water partition coefficient (Wildman–Crippen LogP) is 3.14. The molecule has 0 radical (unpaired) electrons. The number of nitriles is 1. The molecule has 1 N–H and O–H groups in total. The monoisotopic (exact) mass is 350 g/mol. The van der Waals surface area contributed by atoms with Crippen molar-refractivity contribution in [2.75, 3.05) is 4.90 Å². The van der Waals surface area contributed by atoms with E-state index in [-0.39, 0.29) is 5.91 Å². The van der Waals surface area contributed by atoms with E-state index in [1.807, 2.05) is 6.92 Å². The SMILES string of the molecule is CCc1cc(C#N)ccc1Oc1ccc(N2C(=O)NC(=O)C2(C)C)cn1. The third kappa shape index (κ3) is 2.97. The molecule has 2 aromatic rings. The van der Waals surface area contributed by atoms with Gasteiger partial charge in [0.25, 0.3) is 5.91 Å². The molecule has 0 aliphatic carbocycles. The number of hydrogen-bond acceptors (Lipinski definition) is 5. The van der Waals surface area contributed by atoms with Gasteiger partial charge in [0, 0.05) is 6.07 Å². The second-order valence-electron chi connectivity index (χ2n) is 6.40.